The molecule has 1 aliphatic carbocycles. The van der Waals surface area contributed by atoms with Crippen LogP contribution in [-0.4, -0.2) is 43.5 Å². The van der Waals surface area contributed by atoms with Crippen LogP contribution in [0.2, 0.25) is 0 Å². The zero-order valence-corrected chi connectivity index (χ0v) is 14.0. The number of halogens is 5. The van der Waals surface area contributed by atoms with E-state index in [9.17, 15) is 22.0 Å². The first-order chi connectivity index (χ1) is 13.2. The summed E-state index contributed by atoms with van der Waals surface area (Å²) in [6.45, 7) is -1.47. The molecule has 28 heavy (non-hydrogen) atoms. The minimum Gasteiger partial charge on any atom is -0.468 e. The summed E-state index contributed by atoms with van der Waals surface area (Å²) < 4.78 is 75.4. The first kappa shape index (κ1) is 18.5. The molecule has 12 heteroatoms. The van der Waals surface area contributed by atoms with Gasteiger partial charge in [-0.3, -0.25) is 9.38 Å². The summed E-state index contributed by atoms with van der Waals surface area (Å²) in [4.78, 5) is 7.86. The summed E-state index contributed by atoms with van der Waals surface area (Å²) in [5, 5.41) is 7.16. The van der Waals surface area contributed by atoms with Crippen LogP contribution in [0.15, 0.2) is 30.7 Å². The van der Waals surface area contributed by atoms with Crippen LogP contribution in [0.3, 0.4) is 0 Å². The Kier molecular flexibility index (Phi) is 4.37. The van der Waals surface area contributed by atoms with E-state index in [4.69, 9.17) is 4.74 Å². The highest BCUT2D eigenvalue weighted by Crippen LogP contribution is 2.37. The van der Waals surface area contributed by atoms with Crippen LogP contribution in [0.25, 0.3) is 16.9 Å². The van der Waals surface area contributed by atoms with Crippen molar-refractivity contribution in [3.05, 3.63) is 36.5 Å². The van der Waals surface area contributed by atoms with Gasteiger partial charge in [0.2, 0.25) is 11.7 Å². The van der Waals surface area contributed by atoms with E-state index in [1.165, 1.54) is 30.7 Å². The Morgan fingerprint density at radius 3 is 2.46 bits per heavy atom. The number of rotatable bonds is 6. The quantitative estimate of drug-likeness (QED) is 0.590. The van der Waals surface area contributed by atoms with E-state index in [2.05, 4.69) is 24.9 Å². The van der Waals surface area contributed by atoms with Crippen molar-refractivity contribution in [1.29, 1.82) is 0 Å². The standard InChI is InChI=1S/C16H12F5N5O2/c17-15(18,19)8-27-13-4-1-9(5-23-13)11-7-26-12(6-22-11)24-25-14(26)16(20,21)28-10-2-3-10/h1,4-7,10H,2-3,8H2. The maximum Gasteiger partial charge on any atom is 0.422 e. The number of hydrogen-bond donors (Lipinski definition) is 0. The third kappa shape index (κ3) is 4.01. The van der Waals surface area contributed by atoms with Crippen molar-refractivity contribution in [2.45, 2.75) is 31.2 Å². The maximum atomic E-state index is 14.3. The fourth-order valence-electron chi connectivity index (χ4n) is 2.37. The molecule has 0 aliphatic heterocycles. The third-order valence-electron chi connectivity index (χ3n) is 3.81. The van der Waals surface area contributed by atoms with E-state index >= 15 is 0 Å². The van der Waals surface area contributed by atoms with Gasteiger partial charge in [-0.2, -0.15) is 22.0 Å². The van der Waals surface area contributed by atoms with Gasteiger partial charge in [-0.05, 0) is 18.9 Å². The number of fused-ring (bicyclic) bond motifs is 1. The molecule has 0 bridgehead atoms. The lowest BCUT2D eigenvalue weighted by molar-refractivity contribution is -0.261. The summed E-state index contributed by atoms with van der Waals surface area (Å²) in [6, 6.07) is 2.64. The predicted molar refractivity (Wildman–Crippen MR) is 83.6 cm³/mol. The number of aromatic nitrogens is 5. The summed E-state index contributed by atoms with van der Waals surface area (Å²) in [7, 11) is 0. The van der Waals surface area contributed by atoms with Gasteiger partial charge in [-0.15, -0.1) is 10.2 Å². The van der Waals surface area contributed by atoms with Gasteiger partial charge in [-0.25, -0.2) is 4.98 Å². The molecule has 1 aliphatic rings. The lowest BCUT2D eigenvalue weighted by atomic mass is 10.2. The molecule has 0 unspecified atom stereocenters. The van der Waals surface area contributed by atoms with Crippen LogP contribution in [0.1, 0.15) is 18.7 Å². The normalized spacial score (nSPS) is 15.2. The van der Waals surface area contributed by atoms with Crippen molar-refractivity contribution < 1.29 is 31.4 Å². The van der Waals surface area contributed by atoms with Gasteiger partial charge >= 0.3 is 12.3 Å². The zero-order chi connectivity index (χ0) is 19.9. The van der Waals surface area contributed by atoms with Crippen molar-refractivity contribution in [3.8, 4) is 17.1 Å². The minimum atomic E-state index is -4.48. The molecule has 0 spiro atoms. The van der Waals surface area contributed by atoms with Gasteiger partial charge in [0.1, 0.15) is 0 Å². The van der Waals surface area contributed by atoms with Gasteiger partial charge in [0.05, 0.1) is 18.0 Å². The highest BCUT2D eigenvalue weighted by Gasteiger charge is 2.44. The average molecular weight is 401 g/mol. The summed E-state index contributed by atoms with van der Waals surface area (Å²) >= 11 is 0. The van der Waals surface area contributed by atoms with E-state index in [1.54, 1.807) is 0 Å². The lowest BCUT2D eigenvalue weighted by Crippen LogP contribution is -2.23. The molecule has 3 heterocycles. The van der Waals surface area contributed by atoms with Gasteiger partial charge < -0.3 is 9.47 Å². The summed E-state index contributed by atoms with van der Waals surface area (Å²) in [5.41, 5.74) is 0.717. The van der Waals surface area contributed by atoms with Crippen LogP contribution in [0.5, 0.6) is 5.88 Å². The number of nitrogens with zero attached hydrogens (tertiary/aromatic N) is 5. The molecule has 0 amide bonds. The second kappa shape index (κ2) is 6.62. The van der Waals surface area contributed by atoms with Crippen molar-refractivity contribution in [1.82, 2.24) is 24.6 Å². The molecule has 1 saturated carbocycles. The van der Waals surface area contributed by atoms with Crippen molar-refractivity contribution in [3.63, 3.8) is 0 Å². The number of hydrogen-bond acceptors (Lipinski definition) is 6. The SMILES string of the molecule is FC(F)(F)COc1ccc(-c2cn3c(C(F)(F)OC4CC4)nnc3cn2)cn1. The monoisotopic (exact) mass is 401 g/mol. The van der Waals surface area contributed by atoms with E-state index < -0.39 is 30.8 Å². The van der Waals surface area contributed by atoms with Gasteiger partial charge in [0.15, 0.2) is 12.3 Å². The Labute approximate surface area is 154 Å². The Morgan fingerprint density at radius 1 is 1.04 bits per heavy atom. The second-order valence-electron chi connectivity index (χ2n) is 6.15. The second-order valence-corrected chi connectivity index (χ2v) is 6.15. The third-order valence-corrected chi connectivity index (χ3v) is 3.81. The fourth-order valence-corrected chi connectivity index (χ4v) is 2.37. The molecule has 0 saturated heterocycles. The topological polar surface area (TPSA) is 74.4 Å². The van der Waals surface area contributed by atoms with E-state index in [0.717, 1.165) is 4.40 Å². The van der Waals surface area contributed by atoms with Crippen LogP contribution < -0.4 is 4.74 Å². The molecule has 4 rings (SSSR count). The first-order valence-electron chi connectivity index (χ1n) is 8.14. The van der Waals surface area contributed by atoms with Crippen molar-refractivity contribution >= 4 is 5.65 Å². The summed E-state index contributed by atoms with van der Waals surface area (Å²) in [6.07, 6.45) is -3.73. The van der Waals surface area contributed by atoms with Crippen LogP contribution in [-0.2, 0) is 10.8 Å². The number of alkyl halides is 5. The fraction of sp³-hybridized carbons (Fsp3) is 0.375. The molecule has 0 aromatic carbocycles. The molecule has 0 atom stereocenters. The molecule has 1 fully saturated rings. The van der Waals surface area contributed by atoms with Gasteiger partial charge in [0, 0.05) is 24.0 Å². The molecular formula is C16H12F5N5O2. The van der Waals surface area contributed by atoms with Crippen LogP contribution in [0.4, 0.5) is 22.0 Å². The van der Waals surface area contributed by atoms with E-state index in [0.29, 0.717) is 18.4 Å². The Morgan fingerprint density at radius 2 is 1.82 bits per heavy atom. The predicted octanol–water partition coefficient (Wildman–Crippen LogP) is 3.36. The van der Waals surface area contributed by atoms with Gasteiger partial charge in [0.25, 0.3) is 0 Å². The smallest absolute Gasteiger partial charge is 0.422 e. The number of pyridine rings is 1. The largest absolute Gasteiger partial charge is 0.468 e. The maximum absolute atomic E-state index is 14.3. The molecule has 7 nitrogen and oxygen atoms in total. The summed E-state index contributed by atoms with van der Waals surface area (Å²) in [5.74, 6) is -0.910. The average Bonchev–Trinajstić information content (AvgIpc) is 3.32. The molecular weight excluding hydrogens is 389 g/mol. The van der Waals surface area contributed by atoms with Crippen LogP contribution >= 0.6 is 0 Å². The van der Waals surface area contributed by atoms with Crippen molar-refractivity contribution in [2.24, 2.45) is 0 Å². The molecule has 0 radical (unpaired) electrons. The zero-order valence-electron chi connectivity index (χ0n) is 14.0. The Bertz CT molecular complexity index is 985. The lowest BCUT2D eigenvalue weighted by Gasteiger charge is -2.14. The highest BCUT2D eigenvalue weighted by atomic mass is 19.4. The van der Waals surface area contributed by atoms with Crippen LogP contribution in [0, 0.1) is 0 Å². The molecule has 3 aromatic rings. The van der Waals surface area contributed by atoms with E-state index in [1.807, 2.05) is 0 Å². The van der Waals surface area contributed by atoms with Crippen molar-refractivity contribution in [2.75, 3.05) is 6.61 Å². The minimum absolute atomic E-state index is 0.0934. The molecule has 148 valence electrons. The van der Waals surface area contributed by atoms with E-state index in [-0.39, 0.29) is 17.2 Å². The Balaban J connectivity index is 1.59. The highest BCUT2D eigenvalue weighted by molar-refractivity contribution is 5.59. The van der Waals surface area contributed by atoms with Gasteiger partial charge in [-0.1, -0.05) is 0 Å². The Hall–Kier alpha value is -2.89. The molecule has 3 aromatic heterocycles. The first-order valence-corrected chi connectivity index (χ1v) is 8.14. The number of ether oxygens (including phenoxy) is 2. The molecule has 0 N–H and O–H groups in total.